The first-order valence-corrected chi connectivity index (χ1v) is 14.7. The van der Waals surface area contributed by atoms with E-state index in [0.29, 0.717) is 32.0 Å². The van der Waals surface area contributed by atoms with E-state index in [1.165, 1.54) is 0 Å². The van der Waals surface area contributed by atoms with E-state index in [-0.39, 0.29) is 29.2 Å². The Kier molecular flexibility index (Phi) is 6.01. The Labute approximate surface area is 219 Å². The van der Waals surface area contributed by atoms with Gasteiger partial charge in [-0.2, -0.15) is 5.10 Å². The minimum absolute atomic E-state index is 0.0412. The molecule has 3 aliphatic heterocycles. The lowest BCUT2D eigenvalue weighted by Crippen LogP contribution is -2.66. The third-order valence-electron chi connectivity index (χ3n) is 8.34. The molecule has 1 amide bonds. The summed E-state index contributed by atoms with van der Waals surface area (Å²) in [5.41, 5.74) is 1.76. The highest BCUT2D eigenvalue weighted by Gasteiger charge is 2.57. The molecule has 3 atom stereocenters. The van der Waals surface area contributed by atoms with Crippen LogP contribution in [-0.4, -0.2) is 81.6 Å². The smallest absolute Gasteiger partial charge is 0.244 e. The summed E-state index contributed by atoms with van der Waals surface area (Å²) in [4.78, 5) is 28.9. The minimum atomic E-state index is -3.38. The number of amides is 1. The normalized spacial score (nSPS) is 28.3. The maximum atomic E-state index is 13.4. The Morgan fingerprint density at radius 1 is 1.03 bits per heavy atom. The van der Waals surface area contributed by atoms with Gasteiger partial charge in [0.15, 0.2) is 15.7 Å². The maximum absolute atomic E-state index is 13.4. The molecule has 2 aromatic rings. The van der Waals surface area contributed by atoms with Crippen molar-refractivity contribution in [1.29, 1.82) is 0 Å². The largest absolute Gasteiger partial charge is 0.350 e. The van der Waals surface area contributed by atoms with Crippen molar-refractivity contribution in [3.8, 4) is 0 Å². The van der Waals surface area contributed by atoms with E-state index < -0.39 is 14.6 Å². The van der Waals surface area contributed by atoms with Crippen molar-refractivity contribution in [3.05, 3.63) is 29.7 Å². The fourth-order valence-corrected chi connectivity index (χ4v) is 7.28. The summed E-state index contributed by atoms with van der Waals surface area (Å²) < 4.78 is 23.5. The lowest BCUT2D eigenvalue weighted by Gasteiger charge is -2.49. The third kappa shape index (κ3) is 3.97. The zero-order valence-corrected chi connectivity index (χ0v) is 23.6. The Morgan fingerprint density at radius 2 is 1.73 bits per heavy atom. The second kappa shape index (κ2) is 8.61. The van der Waals surface area contributed by atoms with Crippen LogP contribution < -0.4 is 9.80 Å². The van der Waals surface area contributed by atoms with Gasteiger partial charge >= 0.3 is 0 Å². The fraction of sp³-hybridized carbons (Fsp3) is 0.654. The van der Waals surface area contributed by atoms with Crippen LogP contribution in [0.3, 0.4) is 0 Å². The highest BCUT2D eigenvalue weighted by atomic mass is 32.2. The topological polar surface area (TPSA) is 112 Å². The number of hydrogen-bond acceptors (Lipinski definition) is 9. The van der Waals surface area contributed by atoms with Gasteiger partial charge in [-0.15, -0.1) is 5.10 Å². The number of nitrogens with zero attached hydrogens (tertiary/aromatic N) is 7. The average molecular weight is 528 g/mol. The Balaban J connectivity index is 1.45. The number of aromatic nitrogens is 4. The van der Waals surface area contributed by atoms with E-state index in [9.17, 15) is 13.2 Å². The molecule has 37 heavy (non-hydrogen) atoms. The lowest BCUT2D eigenvalue weighted by atomic mass is 9.87. The Morgan fingerprint density at radius 3 is 2.30 bits per heavy atom. The summed E-state index contributed by atoms with van der Waals surface area (Å²) in [5.74, 6) is 2.56. The summed E-state index contributed by atoms with van der Waals surface area (Å²) in [6.07, 6.45) is 1.98. The number of rotatable bonds is 4. The second-order valence-corrected chi connectivity index (χ2v) is 14.5. The molecule has 0 bridgehead atoms. The van der Waals surface area contributed by atoms with Crippen molar-refractivity contribution in [1.82, 2.24) is 25.1 Å². The van der Waals surface area contributed by atoms with Crippen molar-refractivity contribution in [2.75, 3.05) is 35.2 Å². The van der Waals surface area contributed by atoms with E-state index in [0.717, 1.165) is 28.7 Å². The SMILES string of the molecule is CC(C)c1ccc(N2CC(C)(C)c3c2ncnc3N2C[C@@H](C)N(C(=O)[C@]3(C)CCS3(=O)=O)C[C@@H]2C)nn1. The predicted octanol–water partition coefficient (Wildman–Crippen LogP) is 2.82. The second-order valence-electron chi connectivity index (χ2n) is 11.9. The molecule has 0 spiro atoms. The Hall–Kier alpha value is -2.82. The fourth-order valence-electron chi connectivity index (χ4n) is 5.74. The summed E-state index contributed by atoms with van der Waals surface area (Å²) in [6, 6.07) is 3.82. The first kappa shape index (κ1) is 25.8. The van der Waals surface area contributed by atoms with E-state index in [1.54, 1.807) is 18.2 Å². The van der Waals surface area contributed by atoms with Gasteiger partial charge in [0.1, 0.15) is 22.7 Å². The molecule has 0 radical (unpaired) electrons. The van der Waals surface area contributed by atoms with Crippen molar-refractivity contribution in [2.24, 2.45) is 0 Å². The minimum Gasteiger partial charge on any atom is -0.350 e. The van der Waals surface area contributed by atoms with Gasteiger partial charge in [-0.25, -0.2) is 18.4 Å². The maximum Gasteiger partial charge on any atom is 0.244 e. The van der Waals surface area contributed by atoms with E-state index in [1.807, 2.05) is 19.1 Å². The highest BCUT2D eigenvalue weighted by Crippen LogP contribution is 2.47. The van der Waals surface area contributed by atoms with Gasteiger partial charge in [0.05, 0.1) is 11.4 Å². The van der Waals surface area contributed by atoms with Gasteiger partial charge < -0.3 is 14.7 Å². The van der Waals surface area contributed by atoms with Gasteiger partial charge in [0, 0.05) is 42.7 Å². The highest BCUT2D eigenvalue weighted by molar-refractivity contribution is 7.95. The van der Waals surface area contributed by atoms with Crippen LogP contribution in [0.5, 0.6) is 0 Å². The molecular weight excluding hydrogens is 490 g/mol. The molecule has 0 N–H and O–H groups in total. The number of carbonyl (C=O) groups excluding carboxylic acids is 1. The van der Waals surface area contributed by atoms with Gasteiger partial charge in [0.25, 0.3) is 0 Å². The van der Waals surface area contributed by atoms with E-state index >= 15 is 0 Å². The molecule has 10 nitrogen and oxygen atoms in total. The molecule has 2 aromatic heterocycles. The molecule has 5 heterocycles. The van der Waals surface area contributed by atoms with Crippen LogP contribution in [0.25, 0.3) is 0 Å². The van der Waals surface area contributed by atoms with Gasteiger partial charge in [-0.1, -0.05) is 27.7 Å². The third-order valence-corrected chi connectivity index (χ3v) is 10.8. The molecule has 11 heteroatoms. The van der Waals surface area contributed by atoms with Gasteiger partial charge in [0.2, 0.25) is 5.91 Å². The monoisotopic (exact) mass is 527 g/mol. The zero-order chi connectivity index (χ0) is 26.9. The van der Waals surface area contributed by atoms with E-state index in [2.05, 4.69) is 59.6 Å². The lowest BCUT2D eigenvalue weighted by molar-refractivity contribution is -0.137. The van der Waals surface area contributed by atoms with Crippen molar-refractivity contribution < 1.29 is 13.2 Å². The predicted molar refractivity (Wildman–Crippen MR) is 143 cm³/mol. The van der Waals surface area contributed by atoms with Crippen molar-refractivity contribution >= 4 is 33.2 Å². The molecule has 0 unspecified atom stereocenters. The van der Waals surface area contributed by atoms with Crippen LogP contribution in [0, 0.1) is 0 Å². The standard InChI is InChI=1S/C26H37N7O3S/c1-16(2)19-8-9-20(30-29-19)33-14-25(5,6)21-22(27-15-28-23(21)33)31-12-18(4)32(13-17(31)3)24(34)26(7)10-11-37(26,35)36/h8-9,15-18H,10-14H2,1-7H3/t17-,18+,26-/m0/s1. The van der Waals surface area contributed by atoms with Crippen molar-refractivity contribution in [2.45, 2.75) is 83.1 Å². The number of fused-ring (bicyclic) bond motifs is 1. The number of carbonyl (C=O) groups is 1. The van der Waals surface area contributed by atoms with Gasteiger partial charge in [-0.3, -0.25) is 4.79 Å². The molecule has 2 saturated heterocycles. The molecule has 0 aromatic carbocycles. The molecule has 0 aliphatic carbocycles. The summed E-state index contributed by atoms with van der Waals surface area (Å²) >= 11 is 0. The number of sulfone groups is 1. The van der Waals surface area contributed by atoms with Crippen LogP contribution in [0.15, 0.2) is 18.5 Å². The molecule has 3 aliphatic rings. The van der Waals surface area contributed by atoms with Crippen LogP contribution >= 0.6 is 0 Å². The summed E-state index contributed by atoms with van der Waals surface area (Å²) in [6.45, 7) is 15.9. The van der Waals surface area contributed by atoms with Crippen LogP contribution in [0.4, 0.5) is 17.5 Å². The molecule has 5 rings (SSSR count). The van der Waals surface area contributed by atoms with Crippen molar-refractivity contribution in [3.63, 3.8) is 0 Å². The molecule has 200 valence electrons. The molecule has 0 saturated carbocycles. The average Bonchev–Trinajstić information content (AvgIpc) is 3.14. The van der Waals surface area contributed by atoms with E-state index in [4.69, 9.17) is 4.98 Å². The number of hydrogen-bond donors (Lipinski definition) is 0. The number of anilines is 3. The first-order valence-electron chi connectivity index (χ1n) is 13.0. The molecular formula is C26H37N7O3S. The Bertz CT molecular complexity index is 1330. The summed E-state index contributed by atoms with van der Waals surface area (Å²) in [7, 11) is -3.38. The van der Waals surface area contributed by atoms with Gasteiger partial charge in [-0.05, 0) is 45.2 Å². The van der Waals surface area contributed by atoms with Crippen LogP contribution in [0.2, 0.25) is 0 Å². The quantitative estimate of drug-likeness (QED) is 0.592. The number of piperazine rings is 1. The first-order chi connectivity index (χ1) is 17.3. The van der Waals surface area contributed by atoms with Crippen LogP contribution in [0.1, 0.15) is 72.1 Å². The molecule has 2 fully saturated rings. The summed E-state index contributed by atoms with van der Waals surface area (Å²) in [5, 5.41) is 8.92. The zero-order valence-electron chi connectivity index (χ0n) is 22.8. The van der Waals surface area contributed by atoms with Crippen LogP contribution in [-0.2, 0) is 20.0 Å².